The lowest BCUT2D eigenvalue weighted by atomic mass is 10.0. The van der Waals surface area contributed by atoms with Crippen molar-refractivity contribution in [3.63, 3.8) is 0 Å². The van der Waals surface area contributed by atoms with Crippen molar-refractivity contribution in [1.82, 2.24) is 0 Å². The SMILES string of the molecule is COc1cc(OC)cc(C(=O)[C@H](O)C(OC)OC)c1. The van der Waals surface area contributed by atoms with E-state index in [2.05, 4.69) is 0 Å². The zero-order valence-corrected chi connectivity index (χ0v) is 11.4. The van der Waals surface area contributed by atoms with Crippen LogP contribution in [0.3, 0.4) is 0 Å². The van der Waals surface area contributed by atoms with Crippen molar-refractivity contribution in [2.45, 2.75) is 12.4 Å². The number of Topliss-reactive ketones (excluding diaryl/α,β-unsaturated/α-hetero) is 1. The molecule has 6 nitrogen and oxygen atoms in total. The van der Waals surface area contributed by atoms with Crippen molar-refractivity contribution in [3.05, 3.63) is 23.8 Å². The summed E-state index contributed by atoms with van der Waals surface area (Å²) in [7, 11) is 5.65. The standard InChI is InChI=1S/C13H18O6/c1-16-9-5-8(6-10(7-9)17-2)11(14)12(15)13(18-3)19-4/h5-7,12-13,15H,1-4H3/t12-/m0/s1. The molecule has 0 bridgehead atoms. The molecular formula is C13H18O6. The molecule has 1 aromatic rings. The summed E-state index contributed by atoms with van der Waals surface area (Å²) < 4.78 is 19.9. The molecule has 19 heavy (non-hydrogen) atoms. The summed E-state index contributed by atoms with van der Waals surface area (Å²) in [5, 5.41) is 9.88. The van der Waals surface area contributed by atoms with Gasteiger partial charge in [0.1, 0.15) is 11.5 Å². The van der Waals surface area contributed by atoms with Crippen molar-refractivity contribution in [2.75, 3.05) is 28.4 Å². The second kappa shape index (κ2) is 7.08. The van der Waals surface area contributed by atoms with Crippen LogP contribution in [0.5, 0.6) is 11.5 Å². The van der Waals surface area contributed by atoms with Gasteiger partial charge in [-0.3, -0.25) is 4.79 Å². The van der Waals surface area contributed by atoms with Crippen molar-refractivity contribution in [1.29, 1.82) is 0 Å². The Kier molecular flexibility index (Phi) is 5.75. The lowest BCUT2D eigenvalue weighted by Crippen LogP contribution is -2.36. The van der Waals surface area contributed by atoms with Gasteiger partial charge in [0.15, 0.2) is 18.2 Å². The van der Waals surface area contributed by atoms with Crippen LogP contribution >= 0.6 is 0 Å². The Morgan fingerprint density at radius 1 is 1.00 bits per heavy atom. The van der Waals surface area contributed by atoms with Crippen molar-refractivity contribution < 1.29 is 28.8 Å². The first-order valence-corrected chi connectivity index (χ1v) is 5.58. The van der Waals surface area contributed by atoms with Gasteiger partial charge in [-0.1, -0.05) is 0 Å². The first kappa shape index (κ1) is 15.4. The Bertz CT molecular complexity index is 405. The Labute approximate surface area is 111 Å². The Morgan fingerprint density at radius 3 is 1.84 bits per heavy atom. The molecule has 106 valence electrons. The largest absolute Gasteiger partial charge is 0.497 e. The summed E-state index contributed by atoms with van der Waals surface area (Å²) in [6, 6.07) is 4.65. The number of aliphatic hydroxyl groups is 1. The van der Waals surface area contributed by atoms with Gasteiger partial charge in [0.05, 0.1) is 14.2 Å². The Hall–Kier alpha value is -1.63. The van der Waals surface area contributed by atoms with Crippen LogP contribution < -0.4 is 9.47 Å². The number of methoxy groups -OCH3 is 4. The van der Waals surface area contributed by atoms with Crippen LogP contribution in [0.1, 0.15) is 10.4 Å². The maximum atomic E-state index is 12.1. The average Bonchev–Trinajstić information content (AvgIpc) is 2.46. The van der Waals surface area contributed by atoms with E-state index in [0.29, 0.717) is 11.5 Å². The summed E-state index contributed by atoms with van der Waals surface area (Å²) in [5.74, 6) is 0.383. The fourth-order valence-electron chi connectivity index (χ4n) is 1.60. The Morgan fingerprint density at radius 2 is 1.47 bits per heavy atom. The van der Waals surface area contributed by atoms with E-state index in [4.69, 9.17) is 18.9 Å². The number of hydrogen-bond acceptors (Lipinski definition) is 6. The minimum atomic E-state index is -1.42. The van der Waals surface area contributed by atoms with Crippen LogP contribution in [0.25, 0.3) is 0 Å². The van der Waals surface area contributed by atoms with Crippen molar-refractivity contribution in [3.8, 4) is 11.5 Å². The van der Waals surface area contributed by atoms with E-state index in [-0.39, 0.29) is 5.56 Å². The van der Waals surface area contributed by atoms with Gasteiger partial charge in [-0.2, -0.15) is 0 Å². The molecule has 0 spiro atoms. The van der Waals surface area contributed by atoms with Gasteiger partial charge in [-0.15, -0.1) is 0 Å². The van der Waals surface area contributed by atoms with Gasteiger partial charge in [0, 0.05) is 25.8 Å². The zero-order chi connectivity index (χ0) is 14.4. The van der Waals surface area contributed by atoms with Gasteiger partial charge >= 0.3 is 0 Å². The number of hydrogen-bond donors (Lipinski definition) is 1. The topological polar surface area (TPSA) is 74.2 Å². The maximum Gasteiger partial charge on any atom is 0.196 e. The molecule has 1 aromatic carbocycles. The maximum absolute atomic E-state index is 12.1. The molecule has 0 aliphatic heterocycles. The van der Waals surface area contributed by atoms with Gasteiger partial charge in [0.2, 0.25) is 0 Å². The molecular weight excluding hydrogens is 252 g/mol. The molecule has 0 heterocycles. The van der Waals surface area contributed by atoms with Gasteiger partial charge in [-0.25, -0.2) is 0 Å². The summed E-state index contributed by atoms with van der Waals surface area (Å²) >= 11 is 0. The minimum absolute atomic E-state index is 0.253. The number of carbonyl (C=O) groups is 1. The highest BCUT2D eigenvalue weighted by Crippen LogP contribution is 2.24. The molecule has 0 saturated carbocycles. The van der Waals surface area contributed by atoms with Crippen LogP contribution in [-0.4, -0.2) is 51.7 Å². The highest BCUT2D eigenvalue weighted by atomic mass is 16.7. The second-order valence-corrected chi connectivity index (χ2v) is 3.75. The normalized spacial score (nSPS) is 12.3. The van der Waals surface area contributed by atoms with E-state index >= 15 is 0 Å². The molecule has 0 aliphatic rings. The molecule has 1 atom stereocenters. The van der Waals surface area contributed by atoms with E-state index in [0.717, 1.165) is 0 Å². The van der Waals surface area contributed by atoms with Gasteiger partial charge < -0.3 is 24.1 Å². The molecule has 0 radical (unpaired) electrons. The summed E-state index contributed by atoms with van der Waals surface area (Å²) in [6.07, 6.45) is -2.45. The minimum Gasteiger partial charge on any atom is -0.497 e. The molecule has 1 rings (SSSR count). The van der Waals surface area contributed by atoms with Crippen LogP contribution in [0.2, 0.25) is 0 Å². The second-order valence-electron chi connectivity index (χ2n) is 3.75. The third-order valence-electron chi connectivity index (χ3n) is 2.63. The fourth-order valence-corrected chi connectivity index (χ4v) is 1.60. The Balaban J connectivity index is 3.04. The van der Waals surface area contributed by atoms with Crippen molar-refractivity contribution >= 4 is 5.78 Å². The molecule has 0 saturated heterocycles. The number of aliphatic hydroxyl groups excluding tert-OH is 1. The van der Waals surface area contributed by atoms with Crippen LogP contribution in [0.4, 0.5) is 0 Å². The molecule has 1 N–H and O–H groups in total. The molecule has 0 aliphatic carbocycles. The molecule has 0 fully saturated rings. The summed E-state index contributed by atoms with van der Waals surface area (Å²) in [6.45, 7) is 0. The monoisotopic (exact) mass is 270 g/mol. The predicted molar refractivity (Wildman–Crippen MR) is 67.7 cm³/mol. The molecule has 0 unspecified atom stereocenters. The van der Waals surface area contributed by atoms with E-state index < -0.39 is 18.2 Å². The van der Waals surface area contributed by atoms with Gasteiger partial charge in [0.25, 0.3) is 0 Å². The van der Waals surface area contributed by atoms with E-state index in [1.807, 2.05) is 0 Å². The average molecular weight is 270 g/mol. The highest BCUT2D eigenvalue weighted by molar-refractivity contribution is 6.00. The lowest BCUT2D eigenvalue weighted by Gasteiger charge is -2.19. The lowest BCUT2D eigenvalue weighted by molar-refractivity contribution is -0.150. The number of ketones is 1. The molecule has 0 amide bonds. The van der Waals surface area contributed by atoms with E-state index in [1.54, 1.807) is 6.07 Å². The molecule has 0 aromatic heterocycles. The first-order chi connectivity index (χ1) is 9.07. The smallest absolute Gasteiger partial charge is 0.196 e. The first-order valence-electron chi connectivity index (χ1n) is 5.58. The van der Waals surface area contributed by atoms with Crippen molar-refractivity contribution in [2.24, 2.45) is 0 Å². The highest BCUT2D eigenvalue weighted by Gasteiger charge is 2.27. The van der Waals surface area contributed by atoms with Gasteiger partial charge in [-0.05, 0) is 12.1 Å². The quantitative estimate of drug-likeness (QED) is 0.585. The van der Waals surface area contributed by atoms with Crippen LogP contribution in [0.15, 0.2) is 18.2 Å². The van der Waals surface area contributed by atoms with Crippen LogP contribution in [0, 0.1) is 0 Å². The summed E-state index contributed by atoms with van der Waals surface area (Å²) in [4.78, 5) is 12.1. The third kappa shape index (κ3) is 3.66. The van der Waals surface area contributed by atoms with E-state index in [1.165, 1.54) is 40.6 Å². The predicted octanol–water partition coefficient (Wildman–Crippen LogP) is 0.866. The number of ether oxygens (including phenoxy) is 4. The van der Waals surface area contributed by atoms with Crippen LogP contribution in [-0.2, 0) is 9.47 Å². The summed E-state index contributed by atoms with van der Waals surface area (Å²) in [5.41, 5.74) is 0.253. The fraction of sp³-hybridized carbons (Fsp3) is 0.462. The van der Waals surface area contributed by atoms with E-state index in [9.17, 15) is 9.90 Å². The molecule has 6 heteroatoms. The number of carbonyl (C=O) groups excluding carboxylic acids is 1. The number of rotatable bonds is 7. The zero-order valence-electron chi connectivity index (χ0n) is 11.4. The number of benzene rings is 1. The third-order valence-corrected chi connectivity index (χ3v) is 2.63.